The highest BCUT2D eigenvalue weighted by Gasteiger charge is 2.63. The number of methoxy groups -OCH3 is 1. The van der Waals surface area contributed by atoms with Crippen molar-refractivity contribution in [2.45, 2.75) is 151 Å². The van der Waals surface area contributed by atoms with Crippen LogP contribution in [0.3, 0.4) is 0 Å². The smallest absolute Gasteiger partial charge is 0.408 e. The van der Waals surface area contributed by atoms with Crippen molar-refractivity contribution in [3.8, 4) is 11.8 Å². The van der Waals surface area contributed by atoms with Crippen molar-refractivity contribution in [3.05, 3.63) is 41.2 Å². The molecule has 3 N–H and O–H groups in total. The third-order valence-electron chi connectivity index (χ3n) is 14.1. The number of fused-ring (bicyclic) bond motifs is 5. The molecule has 326 valence electrons. The number of allylic oxidation sites excluding steroid dienone is 1. The van der Waals surface area contributed by atoms with E-state index < -0.39 is 68.2 Å². The molecule has 60 heavy (non-hydrogen) atoms. The van der Waals surface area contributed by atoms with Crippen molar-refractivity contribution < 1.29 is 41.8 Å². The predicted molar refractivity (Wildman–Crippen MR) is 221 cm³/mol. The van der Waals surface area contributed by atoms with E-state index in [1.807, 2.05) is 0 Å². The summed E-state index contributed by atoms with van der Waals surface area (Å²) in [5.41, 5.74) is -1.46. The molecule has 0 radical (unpaired) electrons. The van der Waals surface area contributed by atoms with E-state index in [1.165, 1.54) is 16.6 Å². The number of ether oxygens (including phenoxy) is 3. The van der Waals surface area contributed by atoms with E-state index in [9.17, 15) is 32.4 Å². The Kier molecular flexibility index (Phi) is 11.7. The molecule has 7 atom stereocenters. The maximum atomic E-state index is 15.0. The van der Waals surface area contributed by atoms with Crippen molar-refractivity contribution in [1.29, 1.82) is 0 Å². The Balaban J connectivity index is 1.15. The minimum atomic E-state index is -4.02. The van der Waals surface area contributed by atoms with Crippen LogP contribution in [0.15, 0.2) is 35.6 Å². The minimum absolute atomic E-state index is 0.0324. The summed E-state index contributed by atoms with van der Waals surface area (Å²) in [7, 11) is -2.50. The summed E-state index contributed by atoms with van der Waals surface area (Å²) in [6.45, 7) is 5.61. The number of carbonyl (C=O) groups is 4. The molecule has 2 unspecified atom stereocenters. The fraction of sp³-hybridized carbons (Fsp3) is 0.674. The third-order valence-corrected chi connectivity index (χ3v) is 16.3. The lowest BCUT2D eigenvalue weighted by Gasteiger charge is -2.32. The molecule has 1 aromatic carbocycles. The summed E-state index contributed by atoms with van der Waals surface area (Å²) in [5.74, 6) is -1.90. The van der Waals surface area contributed by atoms with E-state index in [0.717, 1.165) is 51.4 Å². The predicted octanol–water partition coefficient (Wildman–Crippen LogP) is 4.23. The highest BCUT2D eigenvalue weighted by molar-refractivity contribution is 7.91. The van der Waals surface area contributed by atoms with E-state index in [4.69, 9.17) is 19.2 Å². The summed E-state index contributed by atoms with van der Waals surface area (Å²) in [6.07, 6.45) is 10.2. The van der Waals surface area contributed by atoms with Crippen LogP contribution in [-0.2, 0) is 35.7 Å². The molecular formula is C43H58N6O10S. The van der Waals surface area contributed by atoms with Gasteiger partial charge in [-0.05, 0) is 107 Å². The van der Waals surface area contributed by atoms with Crippen molar-refractivity contribution in [1.82, 2.24) is 29.8 Å². The number of alkyl carbamates (subject to hydrolysis) is 1. The number of aromatic nitrogens is 2. The first-order chi connectivity index (χ1) is 28.8. The molecular weight excluding hydrogens is 793 g/mol. The Morgan fingerprint density at radius 2 is 1.75 bits per heavy atom. The zero-order chi connectivity index (χ0) is 42.4. The van der Waals surface area contributed by atoms with Crippen LogP contribution in [-0.4, -0.2) is 94.9 Å². The Morgan fingerprint density at radius 3 is 2.48 bits per heavy atom. The van der Waals surface area contributed by atoms with E-state index in [-0.39, 0.29) is 48.9 Å². The average Bonchev–Trinajstić information content (AvgIpc) is 3.81. The Bertz CT molecular complexity index is 2200. The lowest BCUT2D eigenvalue weighted by Crippen LogP contribution is -2.59. The number of sulfonamides is 1. The number of nitrogens with zero attached hydrogens (tertiary/aromatic N) is 3. The van der Waals surface area contributed by atoms with Crippen LogP contribution in [0.2, 0.25) is 0 Å². The Hall–Kier alpha value is -4.67. The van der Waals surface area contributed by atoms with Crippen molar-refractivity contribution in [2.24, 2.45) is 17.8 Å². The van der Waals surface area contributed by atoms with Crippen molar-refractivity contribution >= 4 is 44.7 Å². The Labute approximate surface area is 350 Å². The molecule has 0 spiro atoms. The van der Waals surface area contributed by atoms with Crippen LogP contribution in [0.1, 0.15) is 110 Å². The number of rotatable bonds is 9. The second-order valence-electron chi connectivity index (χ2n) is 18.1. The SMILES string of the molecule is C=CC[C@H]1CC1(NC(=O)[C@@H]1C[C@@H]2CN1C(=O)[C@@H](C1CCCC1)NC(=O)OC1CCC[C@H]1CCCCCn1c(nc3cc(OC)ccc3c1=O)O2)C(=O)NS(=O)(=O)C1(C)CC1. The van der Waals surface area contributed by atoms with Gasteiger partial charge in [0.25, 0.3) is 17.5 Å². The van der Waals surface area contributed by atoms with Gasteiger partial charge in [0.2, 0.25) is 21.8 Å². The monoisotopic (exact) mass is 850 g/mol. The molecule has 2 aliphatic heterocycles. The maximum absolute atomic E-state index is 15.0. The van der Waals surface area contributed by atoms with Crippen LogP contribution in [0.25, 0.3) is 10.9 Å². The first-order valence-corrected chi connectivity index (χ1v) is 23.3. The van der Waals surface area contributed by atoms with E-state index in [2.05, 4.69) is 21.9 Å². The van der Waals surface area contributed by atoms with Gasteiger partial charge in [0, 0.05) is 19.0 Å². The fourth-order valence-corrected chi connectivity index (χ4v) is 11.3. The maximum Gasteiger partial charge on any atom is 0.408 e. The fourth-order valence-electron chi connectivity index (χ4n) is 10.00. The number of hydrogen-bond acceptors (Lipinski definition) is 11. The van der Waals surface area contributed by atoms with Crippen LogP contribution >= 0.6 is 0 Å². The van der Waals surface area contributed by atoms with Crippen LogP contribution < -0.4 is 30.4 Å². The Morgan fingerprint density at radius 1 is 1.02 bits per heavy atom. The number of carbonyl (C=O) groups excluding carboxylic acids is 4. The second kappa shape index (κ2) is 16.7. The first kappa shape index (κ1) is 42.0. The van der Waals surface area contributed by atoms with Gasteiger partial charge < -0.3 is 29.7 Å². The normalized spacial score (nSPS) is 30.7. The number of benzene rings is 1. The summed E-state index contributed by atoms with van der Waals surface area (Å²) >= 11 is 0. The van der Waals surface area contributed by atoms with E-state index >= 15 is 0 Å². The van der Waals surface area contributed by atoms with E-state index in [0.29, 0.717) is 61.7 Å². The van der Waals surface area contributed by atoms with Crippen LogP contribution in [0, 0.1) is 17.8 Å². The number of amides is 4. The standard InChI is InChI=1S/C43H58N6O10S/c1-4-11-28-24-43(28,39(53)47-60(55,56)42(2)19-20-42)46-36(50)33-23-30-25-49(33)38(52)35(27-13-7-8-14-27)45-41(54)59-34-16-10-15-26(34)12-6-5-9-21-48-37(51)31-18-17-29(57-3)22-32(31)44-40(48)58-30/h4,17-18,22,26-28,30,33-35H,1,5-16,19-21,23-25H2,2-3H3,(H,45,54)(H,46,50)(H,47,53)/t26-,28+,30-,33+,34?,35-,43?/m1/s1. The second-order valence-corrected chi connectivity index (χ2v) is 20.3. The lowest BCUT2D eigenvalue weighted by molar-refractivity contribution is -0.142. The molecule has 4 amide bonds. The van der Waals surface area contributed by atoms with Gasteiger partial charge in [0.1, 0.15) is 35.6 Å². The molecule has 16 nitrogen and oxygen atoms in total. The lowest BCUT2D eigenvalue weighted by atomic mass is 9.96. The molecule has 4 saturated carbocycles. The molecule has 3 heterocycles. The number of hydrogen-bond donors (Lipinski definition) is 3. The highest BCUT2D eigenvalue weighted by atomic mass is 32.2. The molecule has 5 fully saturated rings. The van der Waals surface area contributed by atoms with Crippen molar-refractivity contribution in [3.63, 3.8) is 0 Å². The van der Waals surface area contributed by atoms with Gasteiger partial charge in [-0.2, -0.15) is 4.98 Å². The number of nitrogens with one attached hydrogen (secondary N) is 3. The van der Waals surface area contributed by atoms with E-state index in [1.54, 1.807) is 31.2 Å². The van der Waals surface area contributed by atoms with Gasteiger partial charge in [-0.1, -0.05) is 31.8 Å². The van der Waals surface area contributed by atoms with Crippen molar-refractivity contribution in [2.75, 3.05) is 13.7 Å². The molecule has 6 aliphatic rings. The zero-order valence-corrected chi connectivity index (χ0v) is 35.4. The summed E-state index contributed by atoms with van der Waals surface area (Å²) in [6, 6.07) is 2.92. The van der Waals surface area contributed by atoms with Gasteiger partial charge in [-0.3, -0.25) is 28.5 Å². The largest absolute Gasteiger partial charge is 0.497 e. The molecule has 4 aliphatic carbocycles. The molecule has 17 heteroatoms. The molecule has 1 saturated heterocycles. The van der Waals surface area contributed by atoms with Crippen LogP contribution in [0.4, 0.5) is 4.79 Å². The summed E-state index contributed by atoms with van der Waals surface area (Å²) in [4.78, 5) is 77.5. The zero-order valence-electron chi connectivity index (χ0n) is 34.6. The van der Waals surface area contributed by atoms with Gasteiger partial charge >= 0.3 is 6.09 Å². The molecule has 2 bridgehead atoms. The highest BCUT2D eigenvalue weighted by Crippen LogP contribution is 2.48. The van der Waals surface area contributed by atoms with Crippen LogP contribution in [0.5, 0.6) is 11.8 Å². The topological polar surface area (TPSA) is 204 Å². The summed E-state index contributed by atoms with van der Waals surface area (Å²) in [5, 5.41) is 6.22. The minimum Gasteiger partial charge on any atom is -0.497 e. The van der Waals surface area contributed by atoms with Gasteiger partial charge in [-0.15, -0.1) is 6.58 Å². The third kappa shape index (κ3) is 8.22. The molecule has 8 rings (SSSR count). The average molecular weight is 851 g/mol. The first-order valence-electron chi connectivity index (χ1n) is 21.8. The van der Waals surface area contributed by atoms with Gasteiger partial charge in [0.15, 0.2) is 0 Å². The molecule has 1 aromatic heterocycles. The van der Waals surface area contributed by atoms with Gasteiger partial charge in [0.05, 0.1) is 29.3 Å². The quantitative estimate of drug-likeness (QED) is 0.305. The van der Waals surface area contributed by atoms with Gasteiger partial charge in [-0.25, -0.2) is 13.2 Å². The summed E-state index contributed by atoms with van der Waals surface area (Å²) < 4.78 is 47.2. The molecule has 2 aromatic rings.